The molecule has 98 valence electrons. The molecule has 0 amide bonds. The van der Waals surface area contributed by atoms with Crippen LogP contribution in [0.25, 0.3) is 0 Å². The first-order chi connectivity index (χ1) is 7.64. The lowest BCUT2D eigenvalue weighted by atomic mass is 9.98. The zero-order chi connectivity index (χ0) is 13.6. The largest absolute Gasteiger partial charge is 0.428 e. The Labute approximate surface area is 100 Å². The molecule has 0 aromatic heterocycles. The summed E-state index contributed by atoms with van der Waals surface area (Å²) in [4.78, 5) is 33.2. The summed E-state index contributed by atoms with van der Waals surface area (Å²) < 4.78 is 9.33. The van der Waals surface area contributed by atoms with E-state index >= 15 is 0 Å². The van der Waals surface area contributed by atoms with Crippen LogP contribution < -0.4 is 5.73 Å². The van der Waals surface area contributed by atoms with Crippen LogP contribution in [0.3, 0.4) is 0 Å². The fraction of sp³-hybridized carbons (Fsp3) is 0.727. The van der Waals surface area contributed by atoms with Gasteiger partial charge in [0, 0.05) is 0 Å². The van der Waals surface area contributed by atoms with Gasteiger partial charge >= 0.3 is 11.9 Å². The second kappa shape index (κ2) is 6.34. The van der Waals surface area contributed by atoms with Crippen LogP contribution in [0.5, 0.6) is 0 Å². The van der Waals surface area contributed by atoms with Crippen molar-refractivity contribution < 1.29 is 23.9 Å². The van der Waals surface area contributed by atoms with Crippen LogP contribution in [0.1, 0.15) is 34.1 Å². The highest BCUT2D eigenvalue weighted by atomic mass is 16.7. The van der Waals surface area contributed by atoms with Gasteiger partial charge in [0.2, 0.25) is 6.79 Å². The van der Waals surface area contributed by atoms with Crippen molar-refractivity contribution in [2.75, 3.05) is 6.79 Å². The highest BCUT2D eigenvalue weighted by Gasteiger charge is 2.23. The van der Waals surface area contributed by atoms with Gasteiger partial charge in [-0.3, -0.25) is 14.4 Å². The molecule has 1 unspecified atom stereocenters. The Kier molecular flexibility index (Phi) is 5.81. The molecule has 0 aliphatic carbocycles. The Balaban J connectivity index is 3.87. The highest BCUT2D eigenvalue weighted by Crippen LogP contribution is 2.14. The number of carbonyl (C=O) groups excluding carboxylic acids is 3. The maximum atomic E-state index is 11.3. The molecule has 6 nitrogen and oxygen atoms in total. The Morgan fingerprint density at radius 3 is 2.12 bits per heavy atom. The maximum Gasteiger partial charge on any atom is 0.314 e. The predicted octanol–water partition coefficient (Wildman–Crippen LogP) is 0.383. The Hall–Kier alpha value is -1.43. The zero-order valence-electron chi connectivity index (χ0n) is 10.6. The van der Waals surface area contributed by atoms with Crippen molar-refractivity contribution in [3.8, 4) is 0 Å². The number of Topliss-reactive ketones (excluding diaryl/α,β-unsaturated/α-hetero) is 1. The molecule has 0 aliphatic heterocycles. The number of nitrogens with two attached hydrogens (primary N) is 1. The fourth-order valence-corrected chi connectivity index (χ4v) is 0.747. The van der Waals surface area contributed by atoms with Gasteiger partial charge in [-0.25, -0.2) is 0 Å². The highest BCUT2D eigenvalue weighted by molar-refractivity contribution is 5.86. The molecule has 17 heavy (non-hydrogen) atoms. The summed E-state index contributed by atoms with van der Waals surface area (Å²) in [7, 11) is 0. The summed E-state index contributed by atoms with van der Waals surface area (Å²) in [6, 6.07) is -0.874. The van der Waals surface area contributed by atoms with Gasteiger partial charge in [-0.1, -0.05) is 0 Å². The monoisotopic (exact) mass is 245 g/mol. The Bertz CT molecular complexity index is 305. The number of ketones is 1. The van der Waals surface area contributed by atoms with Gasteiger partial charge in [0.15, 0.2) is 0 Å². The predicted molar refractivity (Wildman–Crippen MR) is 59.8 cm³/mol. The number of carbonyl (C=O) groups is 3. The number of rotatable bonds is 5. The van der Waals surface area contributed by atoms with Gasteiger partial charge in [0.25, 0.3) is 0 Å². The molecule has 0 rings (SSSR count). The van der Waals surface area contributed by atoms with Crippen LogP contribution in [0.2, 0.25) is 0 Å². The summed E-state index contributed by atoms with van der Waals surface area (Å²) in [5, 5.41) is 0. The summed E-state index contributed by atoms with van der Waals surface area (Å²) >= 11 is 0. The van der Waals surface area contributed by atoms with E-state index in [0.29, 0.717) is 0 Å². The van der Waals surface area contributed by atoms with Crippen molar-refractivity contribution in [3.05, 3.63) is 0 Å². The van der Waals surface area contributed by atoms with E-state index < -0.39 is 30.2 Å². The molecule has 0 aromatic carbocycles. The standard InChI is InChI=1S/C11H19NO5/c1-7(13)8(12)5-9(14)16-6-17-10(15)11(2,3)4/h8H,5-6,12H2,1-4H3. The van der Waals surface area contributed by atoms with Crippen molar-refractivity contribution >= 4 is 17.7 Å². The zero-order valence-corrected chi connectivity index (χ0v) is 10.6. The molecule has 0 saturated carbocycles. The van der Waals surface area contributed by atoms with E-state index in [4.69, 9.17) is 10.5 Å². The lowest BCUT2D eigenvalue weighted by Gasteiger charge is -2.16. The van der Waals surface area contributed by atoms with Gasteiger partial charge in [-0.15, -0.1) is 0 Å². The van der Waals surface area contributed by atoms with Crippen LogP contribution in [-0.2, 0) is 23.9 Å². The molecular weight excluding hydrogens is 226 g/mol. The molecular formula is C11H19NO5. The lowest BCUT2D eigenvalue weighted by molar-refractivity contribution is -0.173. The third-order valence-corrected chi connectivity index (χ3v) is 1.93. The molecule has 0 bridgehead atoms. The third-order valence-electron chi connectivity index (χ3n) is 1.93. The first-order valence-corrected chi connectivity index (χ1v) is 5.23. The quantitative estimate of drug-likeness (QED) is 0.555. The van der Waals surface area contributed by atoms with E-state index in [1.54, 1.807) is 20.8 Å². The molecule has 0 aromatic rings. The van der Waals surface area contributed by atoms with Gasteiger partial charge in [0.05, 0.1) is 17.9 Å². The van der Waals surface area contributed by atoms with Crippen LogP contribution >= 0.6 is 0 Å². The van der Waals surface area contributed by atoms with Gasteiger partial charge < -0.3 is 15.2 Å². The van der Waals surface area contributed by atoms with Crippen LogP contribution in [-0.4, -0.2) is 30.6 Å². The average Bonchev–Trinajstić information content (AvgIpc) is 2.15. The minimum Gasteiger partial charge on any atom is -0.428 e. The SMILES string of the molecule is CC(=O)C(N)CC(=O)OCOC(=O)C(C)(C)C. The first kappa shape index (κ1) is 15.6. The van der Waals surface area contributed by atoms with E-state index in [-0.39, 0.29) is 12.2 Å². The minimum atomic E-state index is -0.874. The van der Waals surface area contributed by atoms with Gasteiger partial charge in [-0.05, 0) is 27.7 Å². The average molecular weight is 245 g/mol. The minimum absolute atomic E-state index is 0.220. The maximum absolute atomic E-state index is 11.3. The van der Waals surface area contributed by atoms with Crippen molar-refractivity contribution in [1.29, 1.82) is 0 Å². The van der Waals surface area contributed by atoms with Gasteiger partial charge in [0.1, 0.15) is 5.78 Å². The van der Waals surface area contributed by atoms with E-state index in [1.807, 2.05) is 0 Å². The van der Waals surface area contributed by atoms with Crippen molar-refractivity contribution in [2.45, 2.75) is 40.2 Å². The van der Waals surface area contributed by atoms with E-state index in [9.17, 15) is 14.4 Å². The number of hydrogen-bond donors (Lipinski definition) is 1. The smallest absolute Gasteiger partial charge is 0.314 e. The van der Waals surface area contributed by atoms with Crippen LogP contribution in [0.4, 0.5) is 0 Å². The van der Waals surface area contributed by atoms with Gasteiger partial charge in [-0.2, -0.15) is 0 Å². The third kappa shape index (κ3) is 6.68. The Morgan fingerprint density at radius 2 is 1.71 bits per heavy atom. The molecule has 0 fully saturated rings. The van der Waals surface area contributed by atoms with E-state index in [2.05, 4.69) is 4.74 Å². The molecule has 0 radical (unpaired) electrons. The summed E-state index contributed by atoms with van der Waals surface area (Å²) in [6.07, 6.45) is -0.220. The first-order valence-electron chi connectivity index (χ1n) is 5.23. The second-order valence-electron chi connectivity index (χ2n) is 4.74. The molecule has 0 aliphatic rings. The molecule has 0 spiro atoms. The molecule has 6 heteroatoms. The molecule has 2 N–H and O–H groups in total. The second-order valence-corrected chi connectivity index (χ2v) is 4.74. The fourth-order valence-electron chi connectivity index (χ4n) is 0.747. The van der Waals surface area contributed by atoms with Crippen LogP contribution in [0, 0.1) is 5.41 Å². The number of hydrogen-bond acceptors (Lipinski definition) is 6. The molecule has 0 saturated heterocycles. The lowest BCUT2D eigenvalue weighted by Crippen LogP contribution is -2.32. The summed E-state index contributed by atoms with van der Waals surface area (Å²) in [5.74, 6) is -1.44. The summed E-state index contributed by atoms with van der Waals surface area (Å²) in [5.41, 5.74) is 4.71. The molecule has 1 atom stereocenters. The van der Waals surface area contributed by atoms with E-state index in [1.165, 1.54) is 6.92 Å². The summed E-state index contributed by atoms with van der Waals surface area (Å²) in [6.45, 7) is 5.88. The topological polar surface area (TPSA) is 95.7 Å². The molecule has 0 heterocycles. The van der Waals surface area contributed by atoms with Crippen molar-refractivity contribution in [3.63, 3.8) is 0 Å². The van der Waals surface area contributed by atoms with Crippen molar-refractivity contribution in [1.82, 2.24) is 0 Å². The normalized spacial score (nSPS) is 12.8. The van der Waals surface area contributed by atoms with Crippen LogP contribution in [0.15, 0.2) is 0 Å². The van der Waals surface area contributed by atoms with Crippen molar-refractivity contribution in [2.24, 2.45) is 11.1 Å². The number of ether oxygens (including phenoxy) is 2. The number of esters is 2. The Morgan fingerprint density at radius 1 is 1.18 bits per heavy atom. The van der Waals surface area contributed by atoms with E-state index in [0.717, 1.165) is 0 Å².